The average molecular weight is 313 g/mol. The number of carbonyl (C=O) groups is 2. The maximum Gasteiger partial charge on any atom is 0.241 e. The average Bonchev–Trinajstić information content (AvgIpc) is 2.47. The fourth-order valence-corrected chi connectivity index (χ4v) is 1.78. The van der Waals surface area contributed by atoms with E-state index in [1.165, 1.54) is 0 Å². The number of amides is 2. The van der Waals surface area contributed by atoms with Crippen LogP contribution in [0.25, 0.3) is 0 Å². The van der Waals surface area contributed by atoms with E-state index in [2.05, 4.69) is 10.6 Å². The third kappa shape index (κ3) is 5.24. The molecule has 0 saturated carbocycles. The van der Waals surface area contributed by atoms with Crippen molar-refractivity contribution >= 4 is 34.8 Å². The van der Waals surface area contributed by atoms with Crippen LogP contribution in [0.5, 0.6) is 0 Å². The molecule has 1 rings (SSSR count). The minimum atomic E-state index is -0.369. The van der Waals surface area contributed by atoms with E-state index >= 15 is 0 Å². The molecule has 0 aliphatic rings. The second-order valence-electron chi connectivity index (χ2n) is 4.81. The molecule has 0 aliphatic heterocycles. The van der Waals surface area contributed by atoms with E-state index < -0.39 is 0 Å². The van der Waals surface area contributed by atoms with Gasteiger partial charge < -0.3 is 16.4 Å². The van der Waals surface area contributed by atoms with Crippen LogP contribution in [0.3, 0.4) is 0 Å². The number of nitrogens with zero attached hydrogens (tertiary/aromatic N) is 1. The van der Waals surface area contributed by atoms with Crippen LogP contribution in [0.4, 0.5) is 11.4 Å². The Labute approximate surface area is 129 Å². The number of hydrogen-bond acceptors (Lipinski definition) is 4. The molecule has 0 radical (unpaired) electrons. The zero-order chi connectivity index (χ0) is 16.0. The van der Waals surface area contributed by atoms with Crippen LogP contribution in [-0.2, 0) is 9.59 Å². The summed E-state index contributed by atoms with van der Waals surface area (Å²) < 4.78 is 0. The molecule has 1 unspecified atom stereocenters. The number of benzene rings is 1. The highest BCUT2D eigenvalue weighted by Gasteiger charge is 2.18. The van der Waals surface area contributed by atoms with Crippen molar-refractivity contribution in [3.63, 3.8) is 0 Å². The summed E-state index contributed by atoms with van der Waals surface area (Å²) in [6, 6.07) is 4.56. The Morgan fingerprint density at radius 1 is 1.43 bits per heavy atom. The highest BCUT2D eigenvalue weighted by atomic mass is 35.5. The number of anilines is 2. The molecule has 7 heteroatoms. The second-order valence-corrected chi connectivity index (χ2v) is 5.21. The molecule has 0 aliphatic carbocycles. The van der Waals surface area contributed by atoms with Crippen LogP contribution in [0, 0.1) is 0 Å². The van der Waals surface area contributed by atoms with Gasteiger partial charge in [0.05, 0.1) is 16.8 Å². The Morgan fingerprint density at radius 2 is 2.10 bits per heavy atom. The summed E-state index contributed by atoms with van der Waals surface area (Å²) in [6.07, 6.45) is 0.346. The van der Waals surface area contributed by atoms with Crippen LogP contribution in [0.15, 0.2) is 18.2 Å². The number of nitrogens with two attached hydrogens (primary N) is 1. The fraction of sp³-hybridized carbons (Fsp3) is 0.429. The molecule has 116 valence electrons. The first-order valence-electron chi connectivity index (χ1n) is 6.62. The van der Waals surface area contributed by atoms with Crippen LogP contribution < -0.4 is 16.4 Å². The van der Waals surface area contributed by atoms with Crippen LogP contribution >= 0.6 is 11.6 Å². The van der Waals surface area contributed by atoms with Crippen LogP contribution in [-0.4, -0.2) is 43.4 Å². The van der Waals surface area contributed by atoms with E-state index in [9.17, 15) is 9.59 Å². The lowest BCUT2D eigenvalue weighted by Crippen LogP contribution is -2.41. The van der Waals surface area contributed by atoms with E-state index in [1.54, 1.807) is 39.2 Å². The van der Waals surface area contributed by atoms with Gasteiger partial charge >= 0.3 is 0 Å². The number of rotatable bonds is 6. The summed E-state index contributed by atoms with van der Waals surface area (Å²) in [4.78, 5) is 25.2. The van der Waals surface area contributed by atoms with E-state index in [4.69, 9.17) is 17.3 Å². The zero-order valence-electron chi connectivity index (χ0n) is 12.4. The van der Waals surface area contributed by atoms with E-state index in [-0.39, 0.29) is 17.9 Å². The van der Waals surface area contributed by atoms with Gasteiger partial charge in [-0.05, 0) is 32.2 Å². The maximum atomic E-state index is 12.1. The Morgan fingerprint density at radius 3 is 2.67 bits per heavy atom. The SMILES string of the molecule is CNC(=O)CCN(C)C(C)C(=O)Nc1ccc(Cl)c(N)c1. The maximum absolute atomic E-state index is 12.1. The minimum Gasteiger partial charge on any atom is -0.397 e. The molecule has 0 fully saturated rings. The molecule has 1 aromatic rings. The number of carbonyl (C=O) groups excluding carboxylic acids is 2. The quantitative estimate of drug-likeness (QED) is 0.691. The predicted octanol–water partition coefficient (Wildman–Crippen LogP) is 1.32. The molecule has 0 aromatic heterocycles. The van der Waals surface area contributed by atoms with Gasteiger partial charge in [0.2, 0.25) is 11.8 Å². The fourth-order valence-electron chi connectivity index (χ4n) is 1.66. The molecule has 21 heavy (non-hydrogen) atoms. The highest BCUT2D eigenvalue weighted by molar-refractivity contribution is 6.33. The molecule has 0 heterocycles. The largest absolute Gasteiger partial charge is 0.397 e. The molecule has 1 atom stereocenters. The lowest BCUT2D eigenvalue weighted by molar-refractivity contribution is -0.123. The number of nitrogen functional groups attached to an aromatic ring is 1. The Kier molecular flexibility index (Phi) is 6.45. The smallest absolute Gasteiger partial charge is 0.241 e. The summed E-state index contributed by atoms with van der Waals surface area (Å²) in [5, 5.41) is 5.77. The summed E-state index contributed by atoms with van der Waals surface area (Å²) >= 11 is 5.83. The number of hydrogen-bond donors (Lipinski definition) is 3. The Balaban J connectivity index is 2.57. The van der Waals surface area contributed by atoms with Crippen molar-refractivity contribution in [2.75, 3.05) is 31.7 Å². The third-order valence-corrected chi connectivity index (χ3v) is 3.62. The van der Waals surface area contributed by atoms with Crippen molar-refractivity contribution in [1.82, 2.24) is 10.2 Å². The van der Waals surface area contributed by atoms with Crippen molar-refractivity contribution in [3.05, 3.63) is 23.2 Å². The first kappa shape index (κ1) is 17.3. The van der Waals surface area contributed by atoms with Crippen LogP contribution in [0.1, 0.15) is 13.3 Å². The lowest BCUT2D eigenvalue weighted by atomic mass is 10.2. The summed E-state index contributed by atoms with van der Waals surface area (Å²) in [6.45, 7) is 2.27. The van der Waals surface area contributed by atoms with Gasteiger partial charge in [-0.1, -0.05) is 11.6 Å². The normalized spacial score (nSPS) is 12.0. The van der Waals surface area contributed by atoms with Gasteiger partial charge in [0.25, 0.3) is 0 Å². The lowest BCUT2D eigenvalue weighted by Gasteiger charge is -2.23. The van der Waals surface area contributed by atoms with Gasteiger partial charge in [0.1, 0.15) is 0 Å². The minimum absolute atomic E-state index is 0.0556. The van der Waals surface area contributed by atoms with Crippen LogP contribution in [0.2, 0.25) is 5.02 Å². The Bertz CT molecular complexity index is 522. The second kappa shape index (κ2) is 7.85. The van der Waals surface area contributed by atoms with Crippen molar-refractivity contribution in [3.8, 4) is 0 Å². The monoisotopic (exact) mass is 312 g/mol. The molecular formula is C14H21ClN4O2. The summed E-state index contributed by atoms with van der Waals surface area (Å²) in [5.74, 6) is -0.226. The predicted molar refractivity (Wildman–Crippen MR) is 85.3 cm³/mol. The zero-order valence-corrected chi connectivity index (χ0v) is 13.2. The van der Waals surface area contributed by atoms with Gasteiger partial charge in [-0.15, -0.1) is 0 Å². The van der Waals surface area contributed by atoms with Gasteiger partial charge in [0, 0.05) is 25.7 Å². The number of nitrogens with one attached hydrogen (secondary N) is 2. The van der Waals surface area contributed by atoms with E-state index in [0.717, 1.165) is 0 Å². The molecule has 0 saturated heterocycles. The number of halogens is 1. The van der Waals surface area contributed by atoms with Gasteiger partial charge in [-0.3, -0.25) is 14.5 Å². The molecular weight excluding hydrogens is 292 g/mol. The van der Waals surface area contributed by atoms with Crippen molar-refractivity contribution in [2.24, 2.45) is 0 Å². The molecule has 1 aromatic carbocycles. The molecule has 6 nitrogen and oxygen atoms in total. The van der Waals surface area contributed by atoms with Crippen molar-refractivity contribution in [2.45, 2.75) is 19.4 Å². The molecule has 0 bridgehead atoms. The molecule has 0 spiro atoms. The van der Waals surface area contributed by atoms with Crippen molar-refractivity contribution in [1.29, 1.82) is 0 Å². The van der Waals surface area contributed by atoms with Crippen molar-refractivity contribution < 1.29 is 9.59 Å². The highest BCUT2D eigenvalue weighted by Crippen LogP contribution is 2.22. The molecule has 2 amide bonds. The molecule has 4 N–H and O–H groups in total. The van der Waals surface area contributed by atoms with Gasteiger partial charge in [0.15, 0.2) is 0 Å². The topological polar surface area (TPSA) is 87.5 Å². The Hall–Kier alpha value is -1.79. The van der Waals surface area contributed by atoms with E-state index in [1.807, 2.05) is 4.90 Å². The summed E-state index contributed by atoms with van der Waals surface area (Å²) in [5.41, 5.74) is 6.69. The third-order valence-electron chi connectivity index (χ3n) is 3.27. The number of likely N-dealkylation sites (N-methyl/N-ethyl adjacent to an activating group) is 1. The first-order valence-corrected chi connectivity index (χ1v) is 6.99. The van der Waals surface area contributed by atoms with E-state index in [0.29, 0.717) is 29.4 Å². The van der Waals surface area contributed by atoms with Gasteiger partial charge in [-0.2, -0.15) is 0 Å². The first-order chi connectivity index (χ1) is 9.85. The summed E-state index contributed by atoms with van der Waals surface area (Å²) in [7, 11) is 3.38. The van der Waals surface area contributed by atoms with Gasteiger partial charge in [-0.25, -0.2) is 0 Å². The standard InChI is InChI=1S/C14H21ClN4O2/c1-9(19(3)7-6-13(20)17-2)14(21)18-10-4-5-11(15)12(16)8-10/h4-5,8-9H,6-7,16H2,1-3H3,(H,17,20)(H,18,21).